The fraction of sp³-hybridized carbons (Fsp3) is 0.263. The van der Waals surface area contributed by atoms with Crippen LogP contribution in [0.5, 0.6) is 0 Å². The van der Waals surface area contributed by atoms with E-state index in [1.54, 1.807) is 42.4 Å². The number of urea groups is 1. The van der Waals surface area contributed by atoms with Gasteiger partial charge in [-0.1, -0.05) is 5.16 Å². The predicted octanol–water partition coefficient (Wildman–Crippen LogP) is 3.56. The summed E-state index contributed by atoms with van der Waals surface area (Å²) >= 11 is 0. The summed E-state index contributed by atoms with van der Waals surface area (Å²) in [5.74, 6) is 0.615. The fourth-order valence-corrected chi connectivity index (χ4v) is 3.16. The minimum atomic E-state index is -0.305. The Hall–Kier alpha value is -3.29. The van der Waals surface area contributed by atoms with Gasteiger partial charge in [0, 0.05) is 36.1 Å². The number of carbonyl (C=O) groups is 1. The van der Waals surface area contributed by atoms with Crippen LogP contribution in [-0.4, -0.2) is 32.1 Å². The molecule has 0 radical (unpaired) electrons. The molecule has 1 aliphatic rings. The van der Waals surface area contributed by atoms with Crippen molar-refractivity contribution in [1.29, 1.82) is 0 Å². The van der Waals surface area contributed by atoms with Crippen molar-refractivity contribution in [2.24, 2.45) is 0 Å². The van der Waals surface area contributed by atoms with Gasteiger partial charge < -0.3 is 14.7 Å². The third-order valence-corrected chi connectivity index (χ3v) is 4.66. The van der Waals surface area contributed by atoms with Crippen molar-refractivity contribution < 1.29 is 13.7 Å². The summed E-state index contributed by atoms with van der Waals surface area (Å²) < 4.78 is 18.9. The van der Waals surface area contributed by atoms with Crippen LogP contribution in [0.15, 0.2) is 41.2 Å². The summed E-state index contributed by atoms with van der Waals surface area (Å²) in [5, 5.41) is 6.96. The topological polar surface area (TPSA) is 84.2 Å². The summed E-state index contributed by atoms with van der Waals surface area (Å²) in [4.78, 5) is 22.9. The van der Waals surface area contributed by atoms with E-state index in [2.05, 4.69) is 20.4 Å². The molecule has 138 valence electrons. The first kappa shape index (κ1) is 17.1. The number of benzene rings is 1. The summed E-state index contributed by atoms with van der Waals surface area (Å²) in [6, 6.07) is 5.89. The Morgan fingerprint density at radius 3 is 2.85 bits per heavy atom. The first-order chi connectivity index (χ1) is 13.0. The molecular formula is C19H18FN5O2. The monoisotopic (exact) mass is 367 g/mol. The largest absolute Gasteiger partial charge is 0.352 e. The first-order valence-electron chi connectivity index (χ1n) is 8.61. The van der Waals surface area contributed by atoms with Crippen LogP contribution in [-0.2, 0) is 13.0 Å². The second kappa shape index (κ2) is 6.79. The van der Waals surface area contributed by atoms with Gasteiger partial charge in [0.05, 0.1) is 12.2 Å². The van der Waals surface area contributed by atoms with E-state index in [-0.39, 0.29) is 17.9 Å². The highest BCUT2D eigenvalue weighted by Gasteiger charge is 2.32. The SMILES string of the molecule is Cc1cc(NC(=O)N2Cc3c(noc3-c3ncccn3)C[C@H]2C)ccc1F. The molecule has 1 aromatic carbocycles. The van der Waals surface area contributed by atoms with Crippen molar-refractivity contribution in [1.82, 2.24) is 20.0 Å². The molecule has 0 spiro atoms. The Labute approximate surface area is 155 Å². The smallest absolute Gasteiger partial charge is 0.322 e. The molecule has 7 nitrogen and oxygen atoms in total. The van der Waals surface area contributed by atoms with Crippen molar-refractivity contribution in [3.05, 3.63) is 59.3 Å². The average Bonchev–Trinajstić information content (AvgIpc) is 3.07. The second-order valence-electron chi connectivity index (χ2n) is 6.58. The van der Waals surface area contributed by atoms with Gasteiger partial charge >= 0.3 is 6.03 Å². The number of aromatic nitrogens is 3. The van der Waals surface area contributed by atoms with Crippen LogP contribution in [0.4, 0.5) is 14.9 Å². The number of rotatable bonds is 2. The zero-order valence-corrected chi connectivity index (χ0v) is 14.9. The number of hydrogen-bond acceptors (Lipinski definition) is 5. The van der Waals surface area contributed by atoms with Gasteiger partial charge in [0.25, 0.3) is 0 Å². The lowest BCUT2D eigenvalue weighted by molar-refractivity contribution is 0.182. The zero-order chi connectivity index (χ0) is 19.0. The Morgan fingerprint density at radius 2 is 2.11 bits per heavy atom. The molecule has 0 aliphatic carbocycles. The molecule has 2 amide bonds. The van der Waals surface area contributed by atoms with E-state index in [1.165, 1.54) is 6.07 Å². The van der Waals surface area contributed by atoms with Crippen LogP contribution in [0, 0.1) is 12.7 Å². The average molecular weight is 367 g/mol. The van der Waals surface area contributed by atoms with Gasteiger partial charge in [0.1, 0.15) is 5.82 Å². The van der Waals surface area contributed by atoms with Gasteiger partial charge in [-0.05, 0) is 43.7 Å². The van der Waals surface area contributed by atoms with Gasteiger partial charge in [0.2, 0.25) is 5.76 Å². The number of aryl methyl sites for hydroxylation is 1. The van der Waals surface area contributed by atoms with E-state index < -0.39 is 0 Å². The van der Waals surface area contributed by atoms with Crippen LogP contribution in [0.25, 0.3) is 11.6 Å². The maximum Gasteiger partial charge on any atom is 0.322 e. The van der Waals surface area contributed by atoms with Gasteiger partial charge in [0.15, 0.2) is 5.82 Å². The van der Waals surface area contributed by atoms with E-state index >= 15 is 0 Å². The highest BCUT2D eigenvalue weighted by molar-refractivity contribution is 5.90. The molecule has 0 unspecified atom stereocenters. The minimum Gasteiger partial charge on any atom is -0.352 e. The number of carbonyl (C=O) groups excluding carboxylic acids is 1. The maximum atomic E-state index is 13.4. The number of halogens is 1. The number of fused-ring (bicyclic) bond motifs is 1. The zero-order valence-electron chi connectivity index (χ0n) is 14.9. The minimum absolute atomic E-state index is 0.0614. The molecule has 2 aromatic heterocycles. The Bertz CT molecular complexity index is 989. The lowest BCUT2D eigenvalue weighted by atomic mass is 10.00. The molecule has 1 atom stereocenters. The number of nitrogens with one attached hydrogen (secondary N) is 1. The Balaban J connectivity index is 1.58. The molecule has 3 heterocycles. The molecule has 0 fully saturated rings. The number of hydrogen-bond donors (Lipinski definition) is 1. The molecule has 3 aromatic rings. The van der Waals surface area contributed by atoms with Crippen LogP contribution >= 0.6 is 0 Å². The van der Waals surface area contributed by atoms with Gasteiger partial charge in [-0.25, -0.2) is 19.2 Å². The van der Waals surface area contributed by atoms with Gasteiger partial charge in [-0.2, -0.15) is 0 Å². The molecule has 0 bridgehead atoms. The van der Waals surface area contributed by atoms with Crippen molar-refractivity contribution >= 4 is 11.7 Å². The van der Waals surface area contributed by atoms with Gasteiger partial charge in [-0.3, -0.25) is 0 Å². The molecule has 1 N–H and O–H groups in total. The number of amides is 2. The van der Waals surface area contributed by atoms with Crippen LogP contribution < -0.4 is 5.32 Å². The van der Waals surface area contributed by atoms with Crippen molar-refractivity contribution in [3.8, 4) is 11.6 Å². The lowest BCUT2D eigenvalue weighted by Crippen LogP contribution is -2.44. The highest BCUT2D eigenvalue weighted by Crippen LogP contribution is 2.31. The van der Waals surface area contributed by atoms with E-state index in [1.807, 2.05) is 6.92 Å². The first-order valence-corrected chi connectivity index (χ1v) is 8.61. The lowest BCUT2D eigenvalue weighted by Gasteiger charge is -2.32. The third kappa shape index (κ3) is 3.25. The summed E-state index contributed by atoms with van der Waals surface area (Å²) in [6.07, 6.45) is 3.83. The maximum absolute atomic E-state index is 13.4. The molecule has 8 heteroatoms. The Morgan fingerprint density at radius 1 is 1.33 bits per heavy atom. The Kier molecular flexibility index (Phi) is 4.31. The number of nitrogens with zero attached hydrogens (tertiary/aromatic N) is 4. The van der Waals surface area contributed by atoms with Crippen molar-refractivity contribution in [2.75, 3.05) is 5.32 Å². The van der Waals surface area contributed by atoms with Crippen LogP contribution in [0.1, 0.15) is 23.7 Å². The molecule has 4 rings (SSSR count). The normalized spacial score (nSPS) is 16.1. The summed E-state index contributed by atoms with van der Waals surface area (Å²) in [6.45, 7) is 3.94. The fourth-order valence-electron chi connectivity index (χ4n) is 3.16. The standard InChI is InChI=1S/C19H18FN5O2/c1-11-8-13(4-5-15(11)20)23-19(26)25-10-14-16(9-12(25)2)24-27-17(14)18-21-6-3-7-22-18/h3-8,12H,9-10H2,1-2H3,(H,23,26)/t12-/m1/s1. The second-order valence-corrected chi connectivity index (χ2v) is 6.58. The molecule has 0 saturated heterocycles. The van der Waals surface area contributed by atoms with Gasteiger partial charge in [-0.15, -0.1) is 0 Å². The van der Waals surface area contributed by atoms with E-state index in [4.69, 9.17) is 4.52 Å². The van der Waals surface area contributed by atoms with Crippen molar-refractivity contribution in [2.45, 2.75) is 32.9 Å². The third-order valence-electron chi connectivity index (χ3n) is 4.66. The number of anilines is 1. The quantitative estimate of drug-likeness (QED) is 0.749. The molecule has 1 aliphatic heterocycles. The molecule has 27 heavy (non-hydrogen) atoms. The van der Waals surface area contributed by atoms with E-state index in [0.717, 1.165) is 11.3 Å². The van der Waals surface area contributed by atoms with Crippen LogP contribution in [0.3, 0.4) is 0 Å². The predicted molar refractivity (Wildman–Crippen MR) is 96.4 cm³/mol. The highest BCUT2D eigenvalue weighted by atomic mass is 19.1. The van der Waals surface area contributed by atoms with Crippen LogP contribution in [0.2, 0.25) is 0 Å². The summed E-state index contributed by atoms with van der Waals surface area (Å²) in [5.41, 5.74) is 2.65. The molecule has 0 saturated carbocycles. The van der Waals surface area contributed by atoms with E-state index in [0.29, 0.717) is 35.8 Å². The van der Waals surface area contributed by atoms with E-state index in [9.17, 15) is 9.18 Å². The van der Waals surface area contributed by atoms with Crippen molar-refractivity contribution in [3.63, 3.8) is 0 Å². The summed E-state index contributed by atoms with van der Waals surface area (Å²) in [7, 11) is 0. The molecular weight excluding hydrogens is 349 g/mol.